The molecule has 0 atom stereocenters. The summed E-state index contributed by atoms with van der Waals surface area (Å²) in [5.41, 5.74) is 3.69. The maximum Gasteiger partial charge on any atom is 0.0487 e. The van der Waals surface area contributed by atoms with Crippen molar-refractivity contribution in [3.8, 4) is 0 Å². The molecule has 1 nitrogen and oxygen atoms in total. The summed E-state index contributed by atoms with van der Waals surface area (Å²) in [5.74, 6) is 0.617. The van der Waals surface area contributed by atoms with Gasteiger partial charge in [-0.1, -0.05) is 38.1 Å². The minimum Gasteiger partial charge on any atom is -0.396 e. The summed E-state index contributed by atoms with van der Waals surface area (Å²) in [7, 11) is 0. The van der Waals surface area contributed by atoms with Crippen LogP contribution in [0.5, 0.6) is 0 Å². The highest BCUT2D eigenvalue weighted by Crippen LogP contribution is 2.57. The molecule has 3 saturated carbocycles. The van der Waals surface area contributed by atoms with Crippen molar-refractivity contribution in [2.45, 2.75) is 63.7 Å². The maximum absolute atomic E-state index is 9.62. The van der Waals surface area contributed by atoms with Gasteiger partial charge in [0.15, 0.2) is 0 Å². The van der Waals surface area contributed by atoms with Crippen LogP contribution in [0.3, 0.4) is 0 Å². The Morgan fingerprint density at radius 3 is 1.89 bits per heavy atom. The molecule has 0 heterocycles. The first kappa shape index (κ1) is 13.2. The van der Waals surface area contributed by atoms with Gasteiger partial charge < -0.3 is 5.11 Å². The minimum atomic E-state index is 0.277. The predicted molar refractivity (Wildman–Crippen MR) is 79.4 cm³/mol. The Morgan fingerprint density at radius 1 is 0.947 bits per heavy atom. The van der Waals surface area contributed by atoms with E-state index in [9.17, 15) is 5.11 Å². The van der Waals surface area contributed by atoms with Gasteiger partial charge in [-0.15, -0.1) is 0 Å². The Hall–Kier alpha value is -0.820. The summed E-state index contributed by atoms with van der Waals surface area (Å²) in [5, 5.41) is 9.62. The van der Waals surface area contributed by atoms with Crippen molar-refractivity contribution in [3.05, 3.63) is 35.4 Å². The van der Waals surface area contributed by atoms with Crippen LogP contribution in [0, 0.1) is 5.41 Å². The standard InChI is InChI=1S/C18H26O/c1-14(2)15-3-5-16(6-4-15)18-10-7-17(13-19,8-11-18)9-12-18/h3-6,14,19H,7-13H2,1-2H3. The summed E-state index contributed by atoms with van der Waals surface area (Å²) >= 11 is 0. The van der Waals surface area contributed by atoms with Crippen molar-refractivity contribution in [1.82, 2.24) is 0 Å². The molecule has 104 valence electrons. The van der Waals surface area contributed by atoms with E-state index in [-0.39, 0.29) is 5.41 Å². The van der Waals surface area contributed by atoms with E-state index in [4.69, 9.17) is 0 Å². The highest BCUT2D eigenvalue weighted by atomic mass is 16.3. The molecule has 0 spiro atoms. The van der Waals surface area contributed by atoms with Crippen molar-refractivity contribution in [1.29, 1.82) is 0 Å². The first-order valence-corrected chi connectivity index (χ1v) is 7.81. The molecule has 3 aliphatic carbocycles. The lowest BCUT2D eigenvalue weighted by atomic mass is 9.52. The molecule has 0 radical (unpaired) electrons. The number of fused-ring (bicyclic) bond motifs is 3. The molecule has 2 bridgehead atoms. The Labute approximate surface area is 117 Å². The zero-order valence-electron chi connectivity index (χ0n) is 12.3. The van der Waals surface area contributed by atoms with Crippen LogP contribution in [0.1, 0.15) is 69.4 Å². The molecule has 3 fully saturated rings. The molecule has 0 unspecified atom stereocenters. The van der Waals surface area contributed by atoms with E-state index in [0.29, 0.717) is 17.9 Å². The lowest BCUT2D eigenvalue weighted by Gasteiger charge is -2.53. The highest BCUT2D eigenvalue weighted by molar-refractivity contribution is 5.32. The third kappa shape index (κ3) is 2.12. The SMILES string of the molecule is CC(C)c1ccc(C23CCC(CO)(CC2)CC3)cc1. The highest BCUT2D eigenvalue weighted by Gasteiger charge is 2.48. The number of aliphatic hydroxyl groups excluding tert-OH is 1. The predicted octanol–water partition coefficient (Wildman–Crippen LogP) is 4.39. The van der Waals surface area contributed by atoms with Crippen LogP contribution < -0.4 is 0 Å². The molecular weight excluding hydrogens is 232 g/mol. The van der Waals surface area contributed by atoms with Gasteiger partial charge in [-0.3, -0.25) is 0 Å². The van der Waals surface area contributed by atoms with E-state index >= 15 is 0 Å². The Bertz CT molecular complexity index is 419. The summed E-state index contributed by atoms with van der Waals surface area (Å²) in [6, 6.07) is 9.37. The van der Waals surface area contributed by atoms with Crippen LogP contribution in [-0.2, 0) is 5.41 Å². The molecule has 1 N–H and O–H groups in total. The third-order valence-electron chi connectivity index (χ3n) is 5.93. The van der Waals surface area contributed by atoms with E-state index < -0.39 is 0 Å². The van der Waals surface area contributed by atoms with E-state index in [1.165, 1.54) is 44.1 Å². The molecule has 1 aromatic carbocycles. The monoisotopic (exact) mass is 258 g/mol. The van der Waals surface area contributed by atoms with E-state index in [1.807, 2.05) is 0 Å². The Kier molecular flexibility index (Phi) is 3.21. The summed E-state index contributed by atoms with van der Waals surface area (Å²) in [6.07, 6.45) is 7.47. The summed E-state index contributed by atoms with van der Waals surface area (Å²) in [4.78, 5) is 0. The Balaban J connectivity index is 1.83. The van der Waals surface area contributed by atoms with Crippen molar-refractivity contribution in [2.24, 2.45) is 5.41 Å². The first-order valence-electron chi connectivity index (χ1n) is 7.81. The molecule has 4 rings (SSSR count). The maximum atomic E-state index is 9.62. The van der Waals surface area contributed by atoms with Gasteiger partial charge in [0, 0.05) is 6.61 Å². The first-order chi connectivity index (χ1) is 9.09. The molecule has 0 amide bonds. The normalized spacial score (nSPS) is 33.9. The fourth-order valence-electron chi connectivity index (χ4n) is 4.16. The van der Waals surface area contributed by atoms with Gasteiger partial charge in [0.2, 0.25) is 0 Å². The van der Waals surface area contributed by atoms with Gasteiger partial charge in [0.1, 0.15) is 0 Å². The van der Waals surface area contributed by atoms with Crippen molar-refractivity contribution in [3.63, 3.8) is 0 Å². The van der Waals surface area contributed by atoms with Gasteiger partial charge >= 0.3 is 0 Å². The van der Waals surface area contributed by atoms with Crippen LogP contribution in [0.25, 0.3) is 0 Å². The number of benzene rings is 1. The van der Waals surface area contributed by atoms with Crippen LogP contribution in [0.15, 0.2) is 24.3 Å². The molecule has 0 aliphatic heterocycles. The lowest BCUT2D eigenvalue weighted by molar-refractivity contribution is -0.00688. The zero-order valence-corrected chi connectivity index (χ0v) is 12.3. The largest absolute Gasteiger partial charge is 0.396 e. The average molecular weight is 258 g/mol. The fraction of sp³-hybridized carbons (Fsp3) is 0.667. The van der Waals surface area contributed by atoms with Crippen LogP contribution in [0.4, 0.5) is 0 Å². The second-order valence-electron chi connectivity index (χ2n) is 7.22. The molecule has 0 saturated heterocycles. The lowest BCUT2D eigenvalue weighted by Crippen LogP contribution is -2.45. The van der Waals surface area contributed by atoms with Crippen molar-refractivity contribution in [2.75, 3.05) is 6.61 Å². The zero-order chi connectivity index (χ0) is 13.5. The number of hydrogen-bond acceptors (Lipinski definition) is 1. The van der Waals surface area contributed by atoms with E-state index in [1.54, 1.807) is 5.56 Å². The smallest absolute Gasteiger partial charge is 0.0487 e. The second-order valence-corrected chi connectivity index (χ2v) is 7.22. The Morgan fingerprint density at radius 2 is 1.47 bits per heavy atom. The second kappa shape index (κ2) is 4.63. The molecule has 19 heavy (non-hydrogen) atoms. The molecule has 1 heteroatoms. The van der Waals surface area contributed by atoms with Crippen molar-refractivity contribution >= 4 is 0 Å². The van der Waals surface area contributed by atoms with Gasteiger partial charge in [0.05, 0.1) is 0 Å². The van der Waals surface area contributed by atoms with Crippen LogP contribution >= 0.6 is 0 Å². The molecule has 0 aromatic heterocycles. The fourth-order valence-corrected chi connectivity index (χ4v) is 4.16. The molecule has 1 aromatic rings. The summed E-state index contributed by atoms with van der Waals surface area (Å²) in [6.45, 7) is 4.91. The van der Waals surface area contributed by atoms with Crippen LogP contribution in [-0.4, -0.2) is 11.7 Å². The average Bonchev–Trinajstić information content (AvgIpc) is 2.49. The van der Waals surface area contributed by atoms with E-state index in [2.05, 4.69) is 38.1 Å². The number of hydrogen-bond donors (Lipinski definition) is 1. The third-order valence-corrected chi connectivity index (χ3v) is 5.93. The van der Waals surface area contributed by atoms with Gasteiger partial charge in [0.25, 0.3) is 0 Å². The summed E-state index contributed by atoms with van der Waals surface area (Å²) < 4.78 is 0. The molecular formula is C18H26O. The molecule has 3 aliphatic rings. The topological polar surface area (TPSA) is 20.2 Å². The van der Waals surface area contributed by atoms with Gasteiger partial charge in [-0.05, 0) is 66.4 Å². The van der Waals surface area contributed by atoms with Crippen molar-refractivity contribution < 1.29 is 5.11 Å². The minimum absolute atomic E-state index is 0.277. The van der Waals surface area contributed by atoms with E-state index in [0.717, 1.165) is 0 Å². The quantitative estimate of drug-likeness (QED) is 0.852. The number of aliphatic hydroxyl groups is 1. The van der Waals surface area contributed by atoms with Crippen LogP contribution in [0.2, 0.25) is 0 Å². The van der Waals surface area contributed by atoms with Gasteiger partial charge in [-0.2, -0.15) is 0 Å². The number of rotatable bonds is 3. The van der Waals surface area contributed by atoms with Gasteiger partial charge in [-0.25, -0.2) is 0 Å².